The minimum absolute atomic E-state index is 0.312. The van der Waals surface area contributed by atoms with Crippen molar-refractivity contribution >= 4 is 38.0 Å². The van der Waals surface area contributed by atoms with Crippen molar-refractivity contribution in [1.29, 1.82) is 0 Å². The van der Waals surface area contributed by atoms with E-state index in [-0.39, 0.29) is 0 Å². The Labute approximate surface area is 122 Å². The van der Waals surface area contributed by atoms with Crippen molar-refractivity contribution in [2.75, 3.05) is 19.0 Å². The van der Waals surface area contributed by atoms with Gasteiger partial charge in [-0.2, -0.15) is 0 Å². The average molecular weight is 320 g/mol. The van der Waals surface area contributed by atoms with Gasteiger partial charge in [0, 0.05) is 40.6 Å². The maximum absolute atomic E-state index is 10.5. The predicted molar refractivity (Wildman–Crippen MR) is 87.1 cm³/mol. The van der Waals surface area contributed by atoms with Gasteiger partial charge in [0.1, 0.15) is 5.75 Å². The van der Waals surface area contributed by atoms with Gasteiger partial charge in [-0.15, -0.1) is 0 Å². The maximum Gasteiger partial charge on any atom is 0.131 e. The molecule has 0 aliphatic carbocycles. The standard InChI is InChI=1S/C16H18BrNO/c1-9(2)14-10(3)15(18(4)5)12-7-6-11(17)8-13(12)16(14)19/h6-8,19H,1H2,2-5H3. The molecule has 0 amide bonds. The summed E-state index contributed by atoms with van der Waals surface area (Å²) in [5.74, 6) is 0.312. The molecule has 19 heavy (non-hydrogen) atoms. The molecule has 0 aromatic heterocycles. The van der Waals surface area contributed by atoms with Crippen LogP contribution in [0, 0.1) is 6.92 Å². The van der Waals surface area contributed by atoms with Gasteiger partial charge in [0.05, 0.1) is 0 Å². The van der Waals surface area contributed by atoms with Crippen molar-refractivity contribution in [2.24, 2.45) is 0 Å². The SMILES string of the molecule is C=C(C)c1c(C)c(N(C)C)c2ccc(Br)cc2c1O. The maximum atomic E-state index is 10.5. The summed E-state index contributed by atoms with van der Waals surface area (Å²) in [5, 5.41) is 12.4. The van der Waals surface area contributed by atoms with Gasteiger partial charge in [0.2, 0.25) is 0 Å². The number of hydrogen-bond donors (Lipinski definition) is 1. The Balaban J connectivity index is 3.03. The number of rotatable bonds is 2. The van der Waals surface area contributed by atoms with Crippen LogP contribution in [0.2, 0.25) is 0 Å². The molecule has 0 heterocycles. The van der Waals surface area contributed by atoms with E-state index in [0.717, 1.165) is 37.6 Å². The number of benzene rings is 2. The fraction of sp³-hybridized carbons (Fsp3) is 0.250. The molecule has 0 spiro atoms. The van der Waals surface area contributed by atoms with Crippen molar-refractivity contribution < 1.29 is 5.11 Å². The number of phenolic OH excluding ortho intramolecular Hbond substituents is 1. The van der Waals surface area contributed by atoms with E-state index >= 15 is 0 Å². The molecule has 100 valence electrons. The third-order valence-electron chi connectivity index (χ3n) is 3.33. The topological polar surface area (TPSA) is 23.5 Å². The molecule has 0 bridgehead atoms. The highest BCUT2D eigenvalue weighted by molar-refractivity contribution is 9.10. The fourth-order valence-electron chi connectivity index (χ4n) is 2.65. The zero-order valence-electron chi connectivity index (χ0n) is 11.7. The molecule has 2 aromatic carbocycles. The first-order valence-electron chi connectivity index (χ1n) is 6.12. The Bertz CT molecular complexity index is 674. The van der Waals surface area contributed by atoms with Gasteiger partial charge in [-0.25, -0.2) is 0 Å². The van der Waals surface area contributed by atoms with E-state index in [9.17, 15) is 5.11 Å². The first-order chi connectivity index (χ1) is 8.84. The molecule has 1 N–H and O–H groups in total. The summed E-state index contributed by atoms with van der Waals surface area (Å²) in [6.07, 6.45) is 0. The molecule has 0 unspecified atom stereocenters. The first kappa shape index (κ1) is 13.9. The van der Waals surface area contributed by atoms with E-state index in [4.69, 9.17) is 0 Å². The Kier molecular flexibility index (Phi) is 3.59. The van der Waals surface area contributed by atoms with Crippen LogP contribution in [0.15, 0.2) is 29.3 Å². The highest BCUT2D eigenvalue weighted by Crippen LogP contribution is 2.42. The van der Waals surface area contributed by atoms with Crippen LogP contribution in [0.25, 0.3) is 16.3 Å². The van der Waals surface area contributed by atoms with Crippen molar-refractivity contribution in [3.63, 3.8) is 0 Å². The molecule has 0 atom stereocenters. The van der Waals surface area contributed by atoms with E-state index in [0.29, 0.717) is 5.75 Å². The minimum Gasteiger partial charge on any atom is -0.507 e. The van der Waals surface area contributed by atoms with Crippen LogP contribution in [0.4, 0.5) is 5.69 Å². The lowest BCUT2D eigenvalue weighted by molar-refractivity contribution is 0.479. The van der Waals surface area contributed by atoms with Gasteiger partial charge < -0.3 is 10.0 Å². The van der Waals surface area contributed by atoms with Gasteiger partial charge in [0.15, 0.2) is 0 Å². The molecular formula is C16H18BrNO. The lowest BCUT2D eigenvalue weighted by Gasteiger charge is -2.23. The summed E-state index contributed by atoms with van der Waals surface area (Å²) >= 11 is 3.46. The van der Waals surface area contributed by atoms with Gasteiger partial charge in [-0.1, -0.05) is 28.6 Å². The summed E-state index contributed by atoms with van der Waals surface area (Å²) in [4.78, 5) is 2.08. The molecule has 0 saturated heterocycles. The quantitative estimate of drug-likeness (QED) is 0.866. The molecule has 2 nitrogen and oxygen atoms in total. The molecule has 0 aliphatic rings. The van der Waals surface area contributed by atoms with Crippen LogP contribution < -0.4 is 4.90 Å². The molecule has 0 fully saturated rings. The Morgan fingerprint density at radius 1 is 1.26 bits per heavy atom. The Hall–Kier alpha value is -1.48. The Morgan fingerprint density at radius 2 is 1.89 bits per heavy atom. The summed E-state index contributed by atoms with van der Waals surface area (Å²) in [6, 6.07) is 5.97. The lowest BCUT2D eigenvalue weighted by Crippen LogP contribution is -2.12. The normalized spacial score (nSPS) is 10.8. The third-order valence-corrected chi connectivity index (χ3v) is 3.83. The number of hydrogen-bond acceptors (Lipinski definition) is 2. The van der Waals surface area contributed by atoms with E-state index in [2.05, 4.69) is 27.4 Å². The molecule has 0 radical (unpaired) electrons. The molecular weight excluding hydrogens is 302 g/mol. The number of halogens is 1. The number of phenols is 1. The number of nitrogens with zero attached hydrogens (tertiary/aromatic N) is 1. The van der Waals surface area contributed by atoms with Gasteiger partial charge >= 0.3 is 0 Å². The number of anilines is 1. The minimum atomic E-state index is 0.312. The lowest BCUT2D eigenvalue weighted by atomic mass is 9.93. The molecule has 2 rings (SSSR count). The van der Waals surface area contributed by atoms with Crippen molar-refractivity contribution in [3.05, 3.63) is 40.4 Å². The number of fused-ring (bicyclic) bond motifs is 1. The monoisotopic (exact) mass is 319 g/mol. The second-order valence-corrected chi connectivity index (χ2v) is 5.98. The van der Waals surface area contributed by atoms with Crippen molar-refractivity contribution in [1.82, 2.24) is 0 Å². The van der Waals surface area contributed by atoms with E-state index in [1.165, 1.54) is 0 Å². The zero-order chi connectivity index (χ0) is 14.3. The summed E-state index contributed by atoms with van der Waals surface area (Å²) in [6.45, 7) is 7.94. The van der Waals surface area contributed by atoms with Crippen LogP contribution >= 0.6 is 15.9 Å². The average Bonchev–Trinajstić information content (AvgIpc) is 2.29. The summed E-state index contributed by atoms with van der Waals surface area (Å²) < 4.78 is 0.955. The van der Waals surface area contributed by atoms with Crippen LogP contribution in [-0.4, -0.2) is 19.2 Å². The highest BCUT2D eigenvalue weighted by atomic mass is 79.9. The van der Waals surface area contributed by atoms with Crippen LogP contribution in [0.5, 0.6) is 5.75 Å². The molecule has 0 saturated carbocycles. The van der Waals surface area contributed by atoms with E-state index in [1.807, 2.05) is 46.1 Å². The van der Waals surface area contributed by atoms with Gasteiger partial charge in [0.25, 0.3) is 0 Å². The van der Waals surface area contributed by atoms with Gasteiger partial charge in [-0.05, 0) is 37.1 Å². The van der Waals surface area contributed by atoms with Crippen LogP contribution in [0.3, 0.4) is 0 Å². The summed E-state index contributed by atoms with van der Waals surface area (Å²) in [5.41, 5.74) is 3.90. The van der Waals surface area contributed by atoms with Crippen LogP contribution in [-0.2, 0) is 0 Å². The zero-order valence-corrected chi connectivity index (χ0v) is 13.3. The second-order valence-electron chi connectivity index (χ2n) is 5.06. The Morgan fingerprint density at radius 3 is 2.42 bits per heavy atom. The third kappa shape index (κ3) is 2.23. The number of allylic oxidation sites excluding steroid dienone is 1. The molecule has 0 aliphatic heterocycles. The largest absolute Gasteiger partial charge is 0.507 e. The fourth-order valence-corrected chi connectivity index (χ4v) is 3.01. The van der Waals surface area contributed by atoms with Crippen molar-refractivity contribution in [3.8, 4) is 5.75 Å². The first-order valence-corrected chi connectivity index (χ1v) is 6.92. The number of aromatic hydroxyl groups is 1. The van der Waals surface area contributed by atoms with Crippen molar-refractivity contribution in [2.45, 2.75) is 13.8 Å². The van der Waals surface area contributed by atoms with E-state index in [1.54, 1.807) is 0 Å². The second kappa shape index (κ2) is 4.89. The predicted octanol–water partition coefficient (Wildman–Crippen LogP) is 4.72. The van der Waals surface area contributed by atoms with Crippen LogP contribution in [0.1, 0.15) is 18.1 Å². The highest BCUT2D eigenvalue weighted by Gasteiger charge is 2.18. The summed E-state index contributed by atoms with van der Waals surface area (Å²) in [7, 11) is 4.03. The smallest absolute Gasteiger partial charge is 0.131 e. The molecule has 2 aromatic rings. The van der Waals surface area contributed by atoms with Gasteiger partial charge in [-0.3, -0.25) is 0 Å². The van der Waals surface area contributed by atoms with E-state index < -0.39 is 0 Å². The molecule has 3 heteroatoms.